The quantitative estimate of drug-likeness (QED) is 0.0222. The molecule has 17 nitrogen and oxygen atoms in total. The van der Waals surface area contributed by atoms with Crippen LogP contribution in [0.5, 0.6) is 0 Å². The Bertz CT molecular complexity index is 1750. The molecular weight excluding hydrogens is 1190 g/mol. The van der Waals surface area contributed by atoms with Crippen molar-refractivity contribution < 1.29 is 80.2 Å². The van der Waals surface area contributed by atoms with E-state index in [2.05, 4.69) is 41.5 Å². The van der Waals surface area contributed by atoms with E-state index in [9.17, 15) is 43.2 Å². The number of esters is 4. The monoisotopic (exact) mass is 1320 g/mol. The molecule has 0 amide bonds. The summed E-state index contributed by atoms with van der Waals surface area (Å²) in [5, 5.41) is 10.6. The molecule has 3 N–H and O–H groups in total. The minimum atomic E-state index is -4.95. The first-order valence-corrected chi connectivity index (χ1v) is 40.0. The van der Waals surface area contributed by atoms with E-state index in [4.69, 9.17) is 37.0 Å². The van der Waals surface area contributed by atoms with Gasteiger partial charge in [0, 0.05) is 25.7 Å². The van der Waals surface area contributed by atoms with Crippen LogP contribution in [0.15, 0.2) is 0 Å². The molecule has 0 fully saturated rings. The van der Waals surface area contributed by atoms with Crippen LogP contribution in [0.1, 0.15) is 363 Å². The number of unbranched alkanes of at least 4 members (excludes halogenated alkanes) is 39. The highest BCUT2D eigenvalue weighted by Crippen LogP contribution is 2.45. The van der Waals surface area contributed by atoms with Gasteiger partial charge in [-0.05, 0) is 37.5 Å². The molecule has 0 aromatic rings. The fourth-order valence-corrected chi connectivity index (χ4v) is 12.3. The van der Waals surface area contributed by atoms with Crippen LogP contribution in [0.3, 0.4) is 0 Å². The summed E-state index contributed by atoms with van der Waals surface area (Å²) in [5.74, 6) is -0.633. The third kappa shape index (κ3) is 63.5. The normalized spacial score (nSPS) is 14.4. The van der Waals surface area contributed by atoms with Crippen LogP contribution in [-0.2, 0) is 65.4 Å². The van der Waals surface area contributed by atoms with Crippen LogP contribution >= 0.6 is 15.6 Å². The maximum atomic E-state index is 13.0. The van der Waals surface area contributed by atoms with Crippen molar-refractivity contribution in [2.24, 2.45) is 11.8 Å². The molecule has 0 radical (unpaired) electrons. The summed E-state index contributed by atoms with van der Waals surface area (Å²) in [6.07, 6.45) is 48.5. The van der Waals surface area contributed by atoms with Crippen LogP contribution in [0.2, 0.25) is 0 Å². The third-order valence-electron chi connectivity index (χ3n) is 16.8. The molecule has 0 spiro atoms. The van der Waals surface area contributed by atoms with Crippen molar-refractivity contribution in [1.29, 1.82) is 0 Å². The maximum Gasteiger partial charge on any atom is 0.472 e. The van der Waals surface area contributed by atoms with Crippen molar-refractivity contribution in [3.63, 3.8) is 0 Å². The Kier molecular flexibility index (Phi) is 61.8. The second-order valence-corrected chi connectivity index (χ2v) is 29.3. The fraction of sp³-hybridized carbons (Fsp3) is 0.944. The van der Waals surface area contributed by atoms with E-state index in [0.717, 1.165) is 102 Å². The van der Waals surface area contributed by atoms with E-state index < -0.39 is 97.5 Å². The summed E-state index contributed by atoms with van der Waals surface area (Å²) in [4.78, 5) is 72.6. The van der Waals surface area contributed by atoms with Gasteiger partial charge in [0.05, 0.1) is 26.4 Å². The molecule has 0 aliphatic rings. The van der Waals surface area contributed by atoms with Crippen molar-refractivity contribution in [1.82, 2.24) is 0 Å². The Labute approximate surface area is 549 Å². The Hall–Kier alpha value is -1.94. The summed E-state index contributed by atoms with van der Waals surface area (Å²) in [6.45, 7) is 9.51. The number of phosphoric ester groups is 2. The molecule has 0 aliphatic carbocycles. The van der Waals surface area contributed by atoms with E-state index in [0.29, 0.717) is 25.7 Å². The molecule has 534 valence electrons. The first-order chi connectivity index (χ1) is 43.4. The molecule has 6 atom stereocenters. The van der Waals surface area contributed by atoms with Gasteiger partial charge < -0.3 is 33.8 Å². The minimum Gasteiger partial charge on any atom is -0.462 e. The van der Waals surface area contributed by atoms with Gasteiger partial charge in [0.2, 0.25) is 0 Å². The van der Waals surface area contributed by atoms with Gasteiger partial charge in [0.1, 0.15) is 19.3 Å². The molecule has 3 unspecified atom stereocenters. The van der Waals surface area contributed by atoms with Crippen molar-refractivity contribution >= 4 is 39.5 Å². The number of phosphoric acid groups is 2. The molecule has 0 heterocycles. The summed E-state index contributed by atoms with van der Waals surface area (Å²) >= 11 is 0. The summed E-state index contributed by atoms with van der Waals surface area (Å²) < 4.78 is 68.3. The molecular formula is C71H138O17P2. The van der Waals surface area contributed by atoms with Crippen molar-refractivity contribution in [2.75, 3.05) is 39.6 Å². The zero-order valence-corrected chi connectivity index (χ0v) is 60.2. The fourth-order valence-electron chi connectivity index (χ4n) is 10.7. The lowest BCUT2D eigenvalue weighted by Gasteiger charge is -2.21. The first kappa shape index (κ1) is 88.1. The van der Waals surface area contributed by atoms with Crippen LogP contribution in [0.4, 0.5) is 0 Å². The average molecular weight is 1330 g/mol. The SMILES string of the molecule is CCCCCCCCCCCCCCCCCCC(=O)O[C@H](COC(=O)CCCCCCCCCCCCCC(C)C)COP(=O)(O)OC[C@@H](O)COP(=O)(O)OC[C@@H](COC(=O)CCCCCCCCCCCC)OC(=O)CCCCCCCCC(C)CC. The number of ether oxygens (including phenoxy) is 4. The standard InChI is InChI=1S/C71H138O17P2/c1-7-10-12-14-16-18-20-21-22-23-24-27-32-36-43-49-55-70(75)87-66(59-81-69(74)54-48-42-35-31-28-25-26-29-33-39-45-51-63(4)5)61-85-89(77,78)83-57-65(72)58-84-90(79,80)86-62-67(88-71(76)56-50-44-38-37-40-46-52-64(6)9-3)60-82-68(73)53-47-41-34-30-19-17-15-13-11-8-2/h63-67,72H,7-62H2,1-6H3,(H,77,78)(H,79,80)/t64?,65-,66-,67-/m1/s1. The predicted molar refractivity (Wildman–Crippen MR) is 363 cm³/mol. The number of aliphatic hydroxyl groups is 1. The van der Waals surface area contributed by atoms with Gasteiger partial charge in [0.25, 0.3) is 0 Å². The summed E-state index contributed by atoms with van der Waals surface area (Å²) in [5.41, 5.74) is 0. The Morgan fingerprint density at radius 3 is 0.844 bits per heavy atom. The number of carbonyl (C=O) groups excluding carboxylic acids is 4. The Balaban J connectivity index is 5.24. The molecule has 0 saturated heterocycles. The van der Waals surface area contributed by atoms with Gasteiger partial charge in [-0.15, -0.1) is 0 Å². The number of carbonyl (C=O) groups is 4. The second kappa shape index (κ2) is 63.1. The smallest absolute Gasteiger partial charge is 0.462 e. The Morgan fingerprint density at radius 1 is 0.322 bits per heavy atom. The summed E-state index contributed by atoms with van der Waals surface area (Å²) in [7, 11) is -9.90. The maximum absolute atomic E-state index is 13.0. The largest absolute Gasteiger partial charge is 0.472 e. The van der Waals surface area contributed by atoms with Crippen LogP contribution in [0.25, 0.3) is 0 Å². The van der Waals surface area contributed by atoms with Crippen molar-refractivity contribution in [2.45, 2.75) is 381 Å². The molecule has 19 heteroatoms. The van der Waals surface area contributed by atoms with E-state index in [1.54, 1.807) is 0 Å². The zero-order chi connectivity index (χ0) is 66.5. The molecule has 0 aromatic heterocycles. The lowest BCUT2D eigenvalue weighted by atomic mass is 10.00. The first-order valence-electron chi connectivity index (χ1n) is 37.0. The van der Waals surface area contributed by atoms with Crippen molar-refractivity contribution in [3.05, 3.63) is 0 Å². The van der Waals surface area contributed by atoms with Gasteiger partial charge in [-0.2, -0.15) is 0 Å². The topological polar surface area (TPSA) is 237 Å². The van der Waals surface area contributed by atoms with Gasteiger partial charge >= 0.3 is 39.5 Å². The highest BCUT2D eigenvalue weighted by Gasteiger charge is 2.30. The van der Waals surface area contributed by atoms with Gasteiger partial charge in [-0.1, -0.05) is 311 Å². The number of aliphatic hydroxyl groups excluding tert-OH is 1. The molecule has 0 bridgehead atoms. The molecule has 0 rings (SSSR count). The summed E-state index contributed by atoms with van der Waals surface area (Å²) in [6, 6.07) is 0. The number of hydrogen-bond acceptors (Lipinski definition) is 15. The average Bonchev–Trinajstić information content (AvgIpc) is 3.70. The van der Waals surface area contributed by atoms with Crippen LogP contribution in [0, 0.1) is 11.8 Å². The lowest BCUT2D eigenvalue weighted by Crippen LogP contribution is -2.30. The zero-order valence-electron chi connectivity index (χ0n) is 58.4. The van der Waals surface area contributed by atoms with Crippen molar-refractivity contribution in [3.8, 4) is 0 Å². The molecule has 0 aliphatic heterocycles. The number of rotatable bonds is 70. The third-order valence-corrected chi connectivity index (χ3v) is 18.7. The Morgan fingerprint density at radius 2 is 0.567 bits per heavy atom. The molecule has 0 aromatic carbocycles. The van der Waals surface area contributed by atoms with Gasteiger partial charge in [-0.3, -0.25) is 37.3 Å². The minimum absolute atomic E-state index is 0.103. The molecule has 0 saturated carbocycles. The lowest BCUT2D eigenvalue weighted by molar-refractivity contribution is -0.161. The van der Waals surface area contributed by atoms with E-state index >= 15 is 0 Å². The number of hydrogen-bond donors (Lipinski definition) is 3. The van der Waals surface area contributed by atoms with Crippen LogP contribution in [-0.4, -0.2) is 96.7 Å². The van der Waals surface area contributed by atoms with E-state index in [-0.39, 0.29) is 25.7 Å². The van der Waals surface area contributed by atoms with Crippen LogP contribution < -0.4 is 0 Å². The van der Waals surface area contributed by atoms with Gasteiger partial charge in [-0.25, -0.2) is 9.13 Å². The van der Waals surface area contributed by atoms with Gasteiger partial charge in [0.15, 0.2) is 12.2 Å². The van der Waals surface area contributed by atoms with E-state index in [1.807, 2.05) is 0 Å². The van der Waals surface area contributed by atoms with E-state index in [1.165, 1.54) is 180 Å². The second-order valence-electron chi connectivity index (χ2n) is 26.3. The highest BCUT2D eigenvalue weighted by atomic mass is 31.2. The highest BCUT2D eigenvalue weighted by molar-refractivity contribution is 7.47. The molecule has 90 heavy (non-hydrogen) atoms. The predicted octanol–water partition coefficient (Wildman–Crippen LogP) is 20.4.